The van der Waals surface area contributed by atoms with Crippen molar-refractivity contribution in [2.45, 2.75) is 26.0 Å². The Bertz CT molecular complexity index is 625. The predicted molar refractivity (Wildman–Crippen MR) is 87.8 cm³/mol. The van der Waals surface area contributed by atoms with Gasteiger partial charge in [0, 0.05) is 17.1 Å². The van der Waals surface area contributed by atoms with Crippen LogP contribution < -0.4 is 15.8 Å². The van der Waals surface area contributed by atoms with Crippen molar-refractivity contribution in [2.24, 2.45) is 5.73 Å². The van der Waals surface area contributed by atoms with E-state index in [0.29, 0.717) is 12.3 Å². The molecule has 1 unspecified atom stereocenters. The molecule has 6 heteroatoms. The molecule has 118 valence electrons. The Morgan fingerprint density at radius 3 is 2.95 bits per heavy atom. The summed E-state index contributed by atoms with van der Waals surface area (Å²) >= 11 is 3.38. The van der Waals surface area contributed by atoms with Crippen LogP contribution in [-0.2, 0) is 6.61 Å². The molecule has 1 aromatic carbocycles. The Balaban J connectivity index is 1.84. The minimum absolute atomic E-state index is 0.0612. The van der Waals surface area contributed by atoms with Gasteiger partial charge in [0.2, 0.25) is 0 Å². The summed E-state index contributed by atoms with van der Waals surface area (Å²) in [6, 6.07) is 11.0. The molecular formula is C16H19BrN2O3. The number of carbonyl (C=O) groups is 1. The van der Waals surface area contributed by atoms with Crippen molar-refractivity contribution in [1.82, 2.24) is 5.32 Å². The third-order valence-corrected chi connectivity index (χ3v) is 3.44. The summed E-state index contributed by atoms with van der Waals surface area (Å²) in [6.07, 6.45) is 0.727. The highest BCUT2D eigenvalue weighted by atomic mass is 79.9. The first kappa shape index (κ1) is 16.6. The van der Waals surface area contributed by atoms with E-state index < -0.39 is 0 Å². The van der Waals surface area contributed by atoms with Gasteiger partial charge >= 0.3 is 0 Å². The standard InChI is InChI=1S/C16H19BrN2O3/c1-11(18)7-8-19-16(20)15-6-5-14(22-15)10-21-13-4-2-3-12(17)9-13/h2-6,9,11H,7-8,10,18H2,1H3,(H,19,20). The number of rotatable bonds is 7. The lowest BCUT2D eigenvalue weighted by molar-refractivity contribution is 0.0921. The van der Waals surface area contributed by atoms with Gasteiger partial charge in [-0.2, -0.15) is 0 Å². The Kier molecular flexibility index (Phi) is 6.03. The van der Waals surface area contributed by atoms with Crippen LogP contribution in [0, 0.1) is 0 Å². The monoisotopic (exact) mass is 366 g/mol. The summed E-state index contributed by atoms with van der Waals surface area (Å²) in [5, 5.41) is 2.77. The molecule has 0 fully saturated rings. The van der Waals surface area contributed by atoms with Crippen LogP contribution in [0.1, 0.15) is 29.7 Å². The first-order chi connectivity index (χ1) is 10.5. The number of furan rings is 1. The number of benzene rings is 1. The van der Waals surface area contributed by atoms with E-state index in [4.69, 9.17) is 14.9 Å². The number of nitrogens with two attached hydrogens (primary N) is 1. The van der Waals surface area contributed by atoms with Crippen molar-refractivity contribution < 1.29 is 13.9 Å². The Hall–Kier alpha value is -1.79. The van der Waals surface area contributed by atoms with Gasteiger partial charge in [-0.25, -0.2) is 0 Å². The van der Waals surface area contributed by atoms with Crippen LogP contribution in [0.3, 0.4) is 0 Å². The number of amides is 1. The zero-order valence-electron chi connectivity index (χ0n) is 12.3. The highest BCUT2D eigenvalue weighted by Crippen LogP contribution is 2.19. The van der Waals surface area contributed by atoms with E-state index in [9.17, 15) is 4.79 Å². The average Bonchev–Trinajstić information content (AvgIpc) is 2.94. The van der Waals surface area contributed by atoms with Gasteiger partial charge in [-0.1, -0.05) is 22.0 Å². The average molecular weight is 367 g/mol. The molecule has 0 saturated heterocycles. The Morgan fingerprint density at radius 1 is 1.41 bits per heavy atom. The molecule has 0 radical (unpaired) electrons. The molecule has 0 saturated carbocycles. The number of hydrogen-bond donors (Lipinski definition) is 2. The summed E-state index contributed by atoms with van der Waals surface area (Å²) in [6.45, 7) is 2.70. The second-order valence-corrected chi connectivity index (χ2v) is 5.95. The third-order valence-electron chi connectivity index (χ3n) is 2.95. The zero-order valence-corrected chi connectivity index (χ0v) is 13.9. The van der Waals surface area contributed by atoms with Gasteiger partial charge < -0.3 is 20.2 Å². The maximum Gasteiger partial charge on any atom is 0.286 e. The van der Waals surface area contributed by atoms with Crippen molar-refractivity contribution in [3.05, 3.63) is 52.4 Å². The summed E-state index contributed by atoms with van der Waals surface area (Å²) < 4.78 is 12.0. The predicted octanol–water partition coefficient (Wildman–Crippen LogP) is 3.09. The molecule has 0 bridgehead atoms. The molecule has 22 heavy (non-hydrogen) atoms. The molecule has 1 atom stereocenters. The Morgan fingerprint density at radius 2 is 2.23 bits per heavy atom. The quantitative estimate of drug-likeness (QED) is 0.789. The smallest absolute Gasteiger partial charge is 0.286 e. The molecule has 3 N–H and O–H groups in total. The fourth-order valence-electron chi connectivity index (χ4n) is 1.79. The number of ether oxygens (including phenoxy) is 1. The molecule has 0 aliphatic heterocycles. The lowest BCUT2D eigenvalue weighted by atomic mass is 10.2. The summed E-state index contributed by atoms with van der Waals surface area (Å²) in [7, 11) is 0. The maximum absolute atomic E-state index is 11.9. The zero-order chi connectivity index (χ0) is 15.9. The molecular weight excluding hydrogens is 348 g/mol. The van der Waals surface area contributed by atoms with Gasteiger partial charge in [0.25, 0.3) is 5.91 Å². The molecule has 0 aliphatic rings. The largest absolute Gasteiger partial charge is 0.486 e. The molecule has 2 aromatic rings. The van der Waals surface area contributed by atoms with Crippen molar-refractivity contribution >= 4 is 21.8 Å². The Labute approximate surface area is 138 Å². The van der Waals surface area contributed by atoms with E-state index in [1.807, 2.05) is 31.2 Å². The van der Waals surface area contributed by atoms with E-state index in [2.05, 4.69) is 21.2 Å². The van der Waals surface area contributed by atoms with Crippen molar-refractivity contribution in [3.8, 4) is 5.75 Å². The molecule has 1 amide bonds. The first-order valence-corrected chi connectivity index (χ1v) is 7.85. The molecule has 0 spiro atoms. The topological polar surface area (TPSA) is 77.5 Å². The number of carbonyl (C=O) groups excluding carboxylic acids is 1. The van der Waals surface area contributed by atoms with Gasteiger partial charge in [-0.05, 0) is 43.7 Å². The van der Waals surface area contributed by atoms with Crippen LogP contribution in [0.25, 0.3) is 0 Å². The number of hydrogen-bond acceptors (Lipinski definition) is 4. The lowest BCUT2D eigenvalue weighted by Crippen LogP contribution is -2.28. The van der Waals surface area contributed by atoms with Crippen LogP contribution in [0.4, 0.5) is 0 Å². The fourth-order valence-corrected chi connectivity index (χ4v) is 2.17. The maximum atomic E-state index is 11.9. The van der Waals surface area contributed by atoms with Gasteiger partial charge in [0.1, 0.15) is 18.1 Å². The van der Waals surface area contributed by atoms with Crippen LogP contribution >= 0.6 is 15.9 Å². The number of halogens is 1. The van der Waals surface area contributed by atoms with Gasteiger partial charge in [0.15, 0.2) is 5.76 Å². The molecule has 5 nitrogen and oxygen atoms in total. The van der Waals surface area contributed by atoms with Crippen LogP contribution in [0.2, 0.25) is 0 Å². The highest BCUT2D eigenvalue weighted by Gasteiger charge is 2.11. The van der Waals surface area contributed by atoms with E-state index >= 15 is 0 Å². The lowest BCUT2D eigenvalue weighted by Gasteiger charge is -2.06. The van der Waals surface area contributed by atoms with E-state index in [1.54, 1.807) is 12.1 Å². The molecule has 2 rings (SSSR count). The van der Waals surface area contributed by atoms with E-state index in [1.165, 1.54) is 0 Å². The van der Waals surface area contributed by atoms with E-state index in [0.717, 1.165) is 16.6 Å². The van der Waals surface area contributed by atoms with Gasteiger partial charge in [0.05, 0.1) is 0 Å². The second kappa shape index (κ2) is 8.00. The SMILES string of the molecule is CC(N)CCNC(=O)c1ccc(COc2cccc(Br)c2)o1. The van der Waals surface area contributed by atoms with Crippen LogP contribution in [-0.4, -0.2) is 18.5 Å². The normalized spacial score (nSPS) is 12.0. The summed E-state index contributed by atoms with van der Waals surface area (Å²) in [5.74, 6) is 1.36. The van der Waals surface area contributed by atoms with Crippen molar-refractivity contribution in [1.29, 1.82) is 0 Å². The highest BCUT2D eigenvalue weighted by molar-refractivity contribution is 9.10. The molecule has 1 aromatic heterocycles. The third kappa shape index (κ3) is 5.20. The fraction of sp³-hybridized carbons (Fsp3) is 0.312. The van der Waals surface area contributed by atoms with Crippen molar-refractivity contribution in [3.63, 3.8) is 0 Å². The van der Waals surface area contributed by atoms with Gasteiger partial charge in [-0.15, -0.1) is 0 Å². The minimum atomic E-state index is -0.241. The summed E-state index contributed by atoms with van der Waals surface area (Å²) in [5.41, 5.74) is 5.63. The van der Waals surface area contributed by atoms with Crippen LogP contribution in [0.15, 0.2) is 45.3 Å². The van der Waals surface area contributed by atoms with Gasteiger partial charge in [-0.3, -0.25) is 4.79 Å². The molecule has 0 aliphatic carbocycles. The van der Waals surface area contributed by atoms with Crippen LogP contribution in [0.5, 0.6) is 5.75 Å². The van der Waals surface area contributed by atoms with Crippen molar-refractivity contribution in [2.75, 3.05) is 6.54 Å². The van der Waals surface area contributed by atoms with E-state index in [-0.39, 0.29) is 24.3 Å². The number of nitrogens with one attached hydrogen (secondary N) is 1. The minimum Gasteiger partial charge on any atom is -0.486 e. The second-order valence-electron chi connectivity index (χ2n) is 5.03. The molecule has 1 heterocycles. The first-order valence-electron chi connectivity index (χ1n) is 7.05. The summed E-state index contributed by atoms with van der Waals surface area (Å²) in [4.78, 5) is 11.9.